The van der Waals surface area contributed by atoms with Gasteiger partial charge >= 0.3 is 5.97 Å². The van der Waals surface area contributed by atoms with Gasteiger partial charge in [-0.25, -0.2) is 4.99 Å². The predicted molar refractivity (Wildman–Crippen MR) is 118 cm³/mol. The van der Waals surface area contributed by atoms with Gasteiger partial charge in [-0.1, -0.05) is 19.1 Å². The Morgan fingerprint density at radius 1 is 1.27 bits per heavy atom. The van der Waals surface area contributed by atoms with Crippen molar-refractivity contribution in [1.29, 1.82) is 0 Å². The molecule has 2 atom stereocenters. The lowest BCUT2D eigenvalue weighted by molar-refractivity contribution is -0.145. The van der Waals surface area contributed by atoms with Crippen molar-refractivity contribution in [3.8, 4) is 0 Å². The van der Waals surface area contributed by atoms with E-state index in [2.05, 4.69) is 22.5 Å². The number of amides is 1. The summed E-state index contributed by atoms with van der Waals surface area (Å²) in [7, 11) is 5.38. The smallest absolute Gasteiger partial charge is 0.310 e. The van der Waals surface area contributed by atoms with E-state index in [1.807, 2.05) is 50.2 Å². The number of carbonyl (C=O) groups excluding carboxylic acids is 2. The van der Waals surface area contributed by atoms with Gasteiger partial charge in [0.2, 0.25) is 0 Å². The molecule has 1 aromatic carbocycles. The molecule has 1 fully saturated rings. The van der Waals surface area contributed by atoms with Crippen molar-refractivity contribution in [1.82, 2.24) is 20.4 Å². The van der Waals surface area contributed by atoms with Crippen LogP contribution in [-0.4, -0.2) is 81.6 Å². The largest absolute Gasteiger partial charge is 0.469 e. The molecule has 0 aromatic heterocycles. The Bertz CT molecular complexity index is 750. The number of esters is 1. The summed E-state index contributed by atoms with van der Waals surface area (Å²) in [6.45, 7) is 8.01. The van der Waals surface area contributed by atoms with Crippen LogP contribution in [0.2, 0.25) is 0 Å². The van der Waals surface area contributed by atoms with Gasteiger partial charge in [0, 0.05) is 38.3 Å². The number of carbonyl (C=O) groups is 2. The number of rotatable bonds is 8. The van der Waals surface area contributed by atoms with Gasteiger partial charge < -0.3 is 25.2 Å². The van der Waals surface area contributed by atoms with Crippen molar-refractivity contribution in [3.63, 3.8) is 0 Å². The molecule has 8 heteroatoms. The first kappa shape index (κ1) is 23.7. The molecule has 2 N–H and O–H groups in total. The van der Waals surface area contributed by atoms with Crippen LogP contribution in [0.3, 0.4) is 0 Å². The second-order valence-corrected chi connectivity index (χ2v) is 7.94. The molecule has 1 saturated heterocycles. The van der Waals surface area contributed by atoms with E-state index in [1.165, 1.54) is 7.11 Å². The Kier molecular flexibility index (Phi) is 9.11. The summed E-state index contributed by atoms with van der Waals surface area (Å²) in [6.07, 6.45) is 0. The van der Waals surface area contributed by atoms with E-state index in [0.29, 0.717) is 25.2 Å². The molecule has 2 unspecified atom stereocenters. The van der Waals surface area contributed by atoms with E-state index < -0.39 is 0 Å². The van der Waals surface area contributed by atoms with Gasteiger partial charge in [0.15, 0.2) is 5.96 Å². The summed E-state index contributed by atoms with van der Waals surface area (Å²) in [5.41, 5.74) is 1.59. The minimum Gasteiger partial charge on any atom is -0.469 e. The highest BCUT2D eigenvalue weighted by Crippen LogP contribution is 2.24. The topological polar surface area (TPSA) is 86.3 Å². The Balaban J connectivity index is 2.04. The lowest BCUT2D eigenvalue weighted by atomic mass is 9.99. The van der Waals surface area contributed by atoms with Crippen LogP contribution in [0.5, 0.6) is 0 Å². The SMILES string of the molecule is CCNC(=NCc1cccc(C(=O)NCCN(C)C)c1)N1CC(C)C(C(=O)OC)C1. The molecular formula is C22H35N5O3. The fourth-order valence-corrected chi connectivity index (χ4v) is 3.50. The Morgan fingerprint density at radius 2 is 2.03 bits per heavy atom. The lowest BCUT2D eigenvalue weighted by Crippen LogP contribution is -2.40. The average molecular weight is 418 g/mol. The first-order valence-corrected chi connectivity index (χ1v) is 10.5. The Labute approximate surface area is 179 Å². The van der Waals surface area contributed by atoms with Crippen molar-refractivity contribution in [2.75, 3.05) is 53.9 Å². The van der Waals surface area contributed by atoms with Crippen LogP contribution in [-0.2, 0) is 16.1 Å². The van der Waals surface area contributed by atoms with Gasteiger partial charge in [-0.05, 0) is 44.6 Å². The Hall–Kier alpha value is -2.61. The molecule has 0 aliphatic carbocycles. The summed E-state index contributed by atoms with van der Waals surface area (Å²) in [5.74, 6) is 0.581. The first-order chi connectivity index (χ1) is 14.3. The van der Waals surface area contributed by atoms with Crippen LogP contribution >= 0.6 is 0 Å². The van der Waals surface area contributed by atoms with Crippen molar-refractivity contribution in [2.45, 2.75) is 20.4 Å². The maximum Gasteiger partial charge on any atom is 0.310 e. The number of hydrogen-bond acceptors (Lipinski definition) is 5. The van der Waals surface area contributed by atoms with Crippen LogP contribution < -0.4 is 10.6 Å². The van der Waals surface area contributed by atoms with E-state index in [4.69, 9.17) is 9.73 Å². The van der Waals surface area contributed by atoms with Gasteiger partial charge in [0.25, 0.3) is 5.91 Å². The molecular weight excluding hydrogens is 382 g/mol. The molecule has 166 valence electrons. The third-order valence-corrected chi connectivity index (χ3v) is 5.20. The second-order valence-electron chi connectivity index (χ2n) is 7.94. The summed E-state index contributed by atoms with van der Waals surface area (Å²) < 4.78 is 4.93. The second kappa shape index (κ2) is 11.5. The normalized spacial score (nSPS) is 19.1. The van der Waals surface area contributed by atoms with Gasteiger partial charge in [-0.3, -0.25) is 9.59 Å². The van der Waals surface area contributed by atoms with E-state index in [1.54, 1.807) is 0 Å². The molecule has 8 nitrogen and oxygen atoms in total. The van der Waals surface area contributed by atoms with Gasteiger partial charge in [0.05, 0.1) is 19.6 Å². The molecule has 0 bridgehead atoms. The van der Waals surface area contributed by atoms with E-state index in [-0.39, 0.29) is 23.7 Å². The van der Waals surface area contributed by atoms with Crippen LogP contribution in [0.15, 0.2) is 29.3 Å². The zero-order chi connectivity index (χ0) is 22.1. The zero-order valence-corrected chi connectivity index (χ0v) is 18.8. The van der Waals surface area contributed by atoms with Gasteiger partial charge in [-0.15, -0.1) is 0 Å². The fraction of sp³-hybridized carbons (Fsp3) is 0.591. The Morgan fingerprint density at radius 3 is 2.70 bits per heavy atom. The highest BCUT2D eigenvalue weighted by atomic mass is 16.5. The van der Waals surface area contributed by atoms with Crippen molar-refractivity contribution in [3.05, 3.63) is 35.4 Å². The van der Waals surface area contributed by atoms with E-state index >= 15 is 0 Å². The number of hydrogen-bond donors (Lipinski definition) is 2. The van der Waals surface area contributed by atoms with Crippen LogP contribution in [0.25, 0.3) is 0 Å². The molecule has 1 aliphatic rings. The van der Waals surface area contributed by atoms with Crippen LogP contribution in [0, 0.1) is 11.8 Å². The van der Waals surface area contributed by atoms with E-state index in [0.717, 1.165) is 31.2 Å². The number of methoxy groups -OCH3 is 1. The maximum absolute atomic E-state index is 12.4. The standard InChI is InChI=1S/C22H35N5O3/c1-6-23-22(27-14-16(2)19(15-27)21(29)30-5)25-13-17-8-7-9-18(12-17)20(28)24-10-11-26(3)4/h7-9,12,16,19H,6,10-11,13-15H2,1-5H3,(H,23,25)(H,24,28). The average Bonchev–Trinajstić information content (AvgIpc) is 3.11. The molecule has 2 rings (SSSR count). The van der Waals surface area contributed by atoms with Crippen LogP contribution in [0.4, 0.5) is 0 Å². The number of aliphatic imine (C=N–C) groups is 1. The molecule has 30 heavy (non-hydrogen) atoms. The van der Waals surface area contributed by atoms with Gasteiger partial charge in [0.1, 0.15) is 0 Å². The van der Waals surface area contributed by atoms with Crippen molar-refractivity contribution >= 4 is 17.8 Å². The molecule has 0 spiro atoms. The zero-order valence-electron chi connectivity index (χ0n) is 18.8. The number of likely N-dealkylation sites (tertiary alicyclic amines) is 1. The van der Waals surface area contributed by atoms with Crippen LogP contribution in [0.1, 0.15) is 29.8 Å². The summed E-state index contributed by atoms with van der Waals surface area (Å²) in [4.78, 5) is 33.2. The minimum atomic E-state index is -0.172. The number of nitrogens with zero attached hydrogens (tertiary/aromatic N) is 3. The number of benzene rings is 1. The molecule has 1 amide bonds. The molecule has 1 aromatic rings. The highest BCUT2D eigenvalue weighted by Gasteiger charge is 2.36. The van der Waals surface area contributed by atoms with E-state index in [9.17, 15) is 9.59 Å². The maximum atomic E-state index is 12.4. The monoisotopic (exact) mass is 417 g/mol. The lowest BCUT2D eigenvalue weighted by Gasteiger charge is -2.21. The van der Waals surface area contributed by atoms with Crippen molar-refractivity contribution < 1.29 is 14.3 Å². The number of nitrogens with one attached hydrogen (secondary N) is 2. The number of likely N-dealkylation sites (N-methyl/N-ethyl adjacent to an activating group) is 1. The fourth-order valence-electron chi connectivity index (χ4n) is 3.50. The highest BCUT2D eigenvalue weighted by molar-refractivity contribution is 5.94. The molecule has 0 radical (unpaired) electrons. The summed E-state index contributed by atoms with van der Waals surface area (Å²) in [5, 5.41) is 6.24. The quantitative estimate of drug-likeness (QED) is 0.375. The minimum absolute atomic E-state index is 0.0797. The predicted octanol–water partition coefficient (Wildman–Crippen LogP) is 1.18. The number of guanidine groups is 1. The third kappa shape index (κ3) is 6.73. The number of ether oxygens (including phenoxy) is 1. The molecule has 0 saturated carbocycles. The third-order valence-electron chi connectivity index (χ3n) is 5.20. The summed E-state index contributed by atoms with van der Waals surface area (Å²) >= 11 is 0. The first-order valence-electron chi connectivity index (χ1n) is 10.5. The molecule has 1 heterocycles. The van der Waals surface area contributed by atoms with Gasteiger partial charge in [-0.2, -0.15) is 0 Å². The molecule has 1 aliphatic heterocycles. The summed E-state index contributed by atoms with van der Waals surface area (Å²) in [6, 6.07) is 7.53. The van der Waals surface area contributed by atoms with Crippen molar-refractivity contribution in [2.24, 2.45) is 16.8 Å².